The van der Waals surface area contributed by atoms with Gasteiger partial charge in [0, 0.05) is 0 Å². The number of nitrogens with two attached hydrogens (primary N) is 2. The van der Waals surface area contributed by atoms with Gasteiger partial charge in [0.15, 0.2) is 55.9 Å². The number of imidazole rings is 2. The number of aliphatic hydroxyl groups is 6. The van der Waals surface area contributed by atoms with E-state index < -0.39 is 93.6 Å². The second kappa shape index (κ2) is 18.3. The minimum atomic E-state index is -5.77. The number of nitrogen functional groups attached to an aromatic ring is 2. The summed E-state index contributed by atoms with van der Waals surface area (Å²) in [5.74, 6) is 0.391. The Morgan fingerprint density at radius 2 is 0.947 bits per heavy atom. The third kappa shape index (κ3) is 11.6. The molecule has 2 saturated heterocycles. The van der Waals surface area contributed by atoms with Crippen LogP contribution in [-0.4, -0.2) is 149 Å². The third-order valence-electron chi connectivity index (χ3n) is 7.09. The Hall–Kier alpha value is -2.10. The van der Waals surface area contributed by atoms with Gasteiger partial charge >= 0.3 is 31.3 Å². The van der Waals surface area contributed by atoms with Crippen molar-refractivity contribution in [2.24, 2.45) is 0 Å². The first-order valence-corrected chi connectivity index (χ1v) is 22.3. The Labute approximate surface area is 331 Å². The molecular weight excluding hydrogens is 1000 g/mol. The fourth-order valence-electron chi connectivity index (χ4n) is 4.87. The van der Waals surface area contributed by atoms with E-state index >= 15 is 0 Å². The Bertz CT molecular complexity index is 2110. The van der Waals surface area contributed by atoms with E-state index in [1.54, 1.807) is 0 Å². The van der Waals surface area contributed by atoms with Crippen LogP contribution >= 0.6 is 63.2 Å². The predicted octanol–water partition coefficient (Wildman–Crippen LogP) is -3.01. The standard InChI is InChI=1S/2C10H12BrN5O4.H6O13P4/c2*11-10-15-4-7(12)13-2-14-8(4)16(10)9-6(19)5(18)3(1-17)20-9;1-14(2,3)11-16(7,8)13-17(9,10)12-15(4,5)6/h2*2-3,5-6,9,17-19H,1H2,(H2,12,13,14);(H,7,8)(H,9,10)(H2,1,2,3)(H2,4,5,6)/t2*3-,5-,6-,9-;/m11./s1. The van der Waals surface area contributed by atoms with Crippen LogP contribution in [0.5, 0.6) is 0 Å². The Morgan fingerprint density at radius 1 is 0.614 bits per heavy atom. The van der Waals surface area contributed by atoms with Crippen molar-refractivity contribution in [3.05, 3.63) is 22.1 Å². The molecule has 0 radical (unpaired) electrons. The number of rotatable bonds is 10. The summed E-state index contributed by atoms with van der Waals surface area (Å²) in [6.07, 6.45) is -5.94. The van der Waals surface area contributed by atoms with E-state index in [1.807, 2.05) is 0 Å². The Kier molecular flexibility index (Phi) is 15.2. The maximum Gasteiger partial charge on any atom is 0.490 e. The second-order valence-corrected chi connectivity index (χ2v) is 18.2. The van der Waals surface area contributed by atoms with E-state index in [0.717, 1.165) is 0 Å². The van der Waals surface area contributed by atoms with Gasteiger partial charge in [-0.05, 0) is 31.9 Å². The van der Waals surface area contributed by atoms with E-state index in [4.69, 9.17) is 60.5 Å². The van der Waals surface area contributed by atoms with Crippen LogP contribution in [0, 0.1) is 0 Å². The molecule has 0 saturated carbocycles. The topological polar surface area (TPSA) is 496 Å². The smallest absolute Gasteiger partial charge is 0.394 e. The van der Waals surface area contributed by atoms with Crippen molar-refractivity contribution in [1.82, 2.24) is 39.0 Å². The highest BCUT2D eigenvalue weighted by atomic mass is 79.9. The number of halogens is 2. The molecule has 0 spiro atoms. The van der Waals surface area contributed by atoms with Crippen LogP contribution in [0.1, 0.15) is 12.5 Å². The maximum atomic E-state index is 10.7. The average molecular weight is 1030 g/mol. The lowest BCUT2D eigenvalue weighted by Gasteiger charge is -2.17. The van der Waals surface area contributed by atoms with Gasteiger partial charge in [-0.2, -0.15) is 12.9 Å². The van der Waals surface area contributed by atoms with Crippen molar-refractivity contribution >= 4 is 97.1 Å². The predicted molar refractivity (Wildman–Crippen MR) is 188 cm³/mol. The van der Waals surface area contributed by atoms with Gasteiger partial charge in [-0.3, -0.25) is 9.13 Å². The lowest BCUT2D eigenvalue weighted by atomic mass is 10.1. The number of fused-ring (bicyclic) bond motifs is 2. The molecule has 2 aliphatic rings. The van der Waals surface area contributed by atoms with E-state index in [1.165, 1.54) is 21.8 Å². The summed E-state index contributed by atoms with van der Waals surface area (Å²) in [6.45, 7) is -0.813. The summed E-state index contributed by atoms with van der Waals surface area (Å²) in [5.41, 5.74) is 12.9. The summed E-state index contributed by atoms with van der Waals surface area (Å²) in [4.78, 5) is 73.6. The summed E-state index contributed by atoms with van der Waals surface area (Å²) in [5, 5.41) is 57.9. The largest absolute Gasteiger partial charge is 0.490 e. The molecule has 2 fully saturated rings. The van der Waals surface area contributed by atoms with Crippen LogP contribution < -0.4 is 11.5 Å². The third-order valence-corrected chi connectivity index (χ3v) is 13.2. The van der Waals surface area contributed by atoms with E-state index in [2.05, 4.69) is 74.7 Å². The van der Waals surface area contributed by atoms with Crippen molar-refractivity contribution in [1.29, 1.82) is 0 Å². The molecule has 6 rings (SSSR count). The van der Waals surface area contributed by atoms with E-state index in [0.29, 0.717) is 31.8 Å². The molecule has 2 aliphatic heterocycles. The number of anilines is 2. The molecule has 31 nitrogen and oxygen atoms in total. The molecule has 320 valence electrons. The first-order chi connectivity index (χ1) is 26.2. The quantitative estimate of drug-likeness (QED) is 0.0555. The molecular formula is C20H30Br2N10O21P4. The highest BCUT2D eigenvalue weighted by molar-refractivity contribution is 9.10. The van der Waals surface area contributed by atoms with Gasteiger partial charge in [-0.25, -0.2) is 48.2 Å². The average Bonchev–Trinajstić information content (AvgIpc) is 3.76. The fraction of sp³-hybridized carbons (Fsp3) is 0.500. The summed E-state index contributed by atoms with van der Waals surface area (Å²) in [7, 11) is -22.6. The van der Waals surface area contributed by atoms with Crippen molar-refractivity contribution < 1.29 is 101 Å². The van der Waals surface area contributed by atoms with Crippen LogP contribution in [0.25, 0.3) is 22.3 Å². The zero-order chi connectivity index (χ0) is 43.0. The molecule has 10 atom stereocenters. The monoisotopic (exact) mass is 1030 g/mol. The fourth-order valence-corrected chi connectivity index (χ4v) is 9.93. The summed E-state index contributed by atoms with van der Waals surface area (Å²) < 4.78 is 65.4. The molecule has 16 N–H and O–H groups in total. The first-order valence-electron chi connectivity index (χ1n) is 14.6. The van der Waals surface area contributed by atoms with E-state index in [9.17, 15) is 38.7 Å². The molecule has 0 aliphatic carbocycles. The van der Waals surface area contributed by atoms with Crippen LogP contribution in [-0.2, 0) is 40.7 Å². The summed E-state index contributed by atoms with van der Waals surface area (Å²) >= 11 is 6.47. The molecule has 6 heterocycles. The molecule has 37 heteroatoms. The number of phosphoric acid groups is 4. The normalized spacial score (nSPS) is 27.3. The van der Waals surface area contributed by atoms with Gasteiger partial charge < -0.3 is 80.9 Å². The SMILES string of the molecule is Nc1ncnc2c1nc(Br)n2[C@@H]1O[C@H](CO)[C@@H](O)[C@H]1O.Nc1ncnc2c1nc(Br)n2[C@@H]1O[C@H](CO)[C@@H](O)[C@H]1O.O=P(O)(O)OP(=O)(O)OP(=O)(O)OP(=O)(O)O. The van der Waals surface area contributed by atoms with Crippen molar-refractivity contribution in [2.45, 2.75) is 49.1 Å². The Morgan fingerprint density at radius 3 is 1.23 bits per heavy atom. The summed E-state index contributed by atoms with van der Waals surface area (Å²) in [6, 6.07) is 0. The number of ether oxygens (including phenoxy) is 2. The van der Waals surface area contributed by atoms with E-state index in [-0.39, 0.29) is 11.6 Å². The highest BCUT2D eigenvalue weighted by Gasteiger charge is 2.47. The zero-order valence-electron chi connectivity index (χ0n) is 27.5. The Balaban J connectivity index is 0.000000191. The van der Waals surface area contributed by atoms with Crippen LogP contribution in [0.3, 0.4) is 0 Å². The van der Waals surface area contributed by atoms with Gasteiger partial charge in [-0.15, -0.1) is 0 Å². The van der Waals surface area contributed by atoms with Gasteiger partial charge in [0.25, 0.3) is 0 Å². The molecule has 0 bridgehead atoms. The highest BCUT2D eigenvalue weighted by Crippen LogP contribution is 2.69. The van der Waals surface area contributed by atoms with Crippen LogP contribution in [0.4, 0.5) is 11.6 Å². The van der Waals surface area contributed by atoms with Gasteiger partial charge in [-0.1, -0.05) is 0 Å². The van der Waals surface area contributed by atoms with Crippen molar-refractivity contribution in [3.8, 4) is 0 Å². The van der Waals surface area contributed by atoms with Gasteiger partial charge in [0.1, 0.15) is 49.3 Å². The molecule has 2 unspecified atom stereocenters. The second-order valence-electron chi connectivity index (χ2n) is 11.0. The number of aliphatic hydroxyl groups excluding tert-OH is 6. The minimum absolute atomic E-state index is 0.196. The van der Waals surface area contributed by atoms with Crippen LogP contribution in [0.15, 0.2) is 22.1 Å². The molecule has 0 amide bonds. The van der Waals surface area contributed by atoms with Crippen molar-refractivity contribution in [2.75, 3.05) is 24.7 Å². The maximum absolute atomic E-state index is 10.7. The molecule has 4 aromatic heterocycles. The van der Waals surface area contributed by atoms with Gasteiger partial charge in [0.05, 0.1) is 13.2 Å². The molecule has 57 heavy (non-hydrogen) atoms. The number of hydrogen-bond acceptors (Lipinski definition) is 23. The van der Waals surface area contributed by atoms with Gasteiger partial charge in [0.2, 0.25) is 0 Å². The van der Waals surface area contributed by atoms with Crippen molar-refractivity contribution in [3.63, 3.8) is 0 Å². The number of hydrogen-bond donors (Lipinski definition) is 14. The minimum Gasteiger partial charge on any atom is -0.394 e. The zero-order valence-corrected chi connectivity index (χ0v) is 34.3. The number of nitrogens with zero attached hydrogens (tertiary/aromatic N) is 8. The lowest BCUT2D eigenvalue weighted by Crippen LogP contribution is -2.33. The lowest BCUT2D eigenvalue weighted by molar-refractivity contribution is -0.0521. The molecule has 4 aromatic rings. The van der Waals surface area contributed by atoms with Crippen LogP contribution in [0.2, 0.25) is 0 Å². The number of aromatic nitrogens is 8. The first kappa shape index (κ1) is 47.6. The molecule has 0 aromatic carbocycles.